The van der Waals surface area contributed by atoms with E-state index in [2.05, 4.69) is 38.4 Å². The van der Waals surface area contributed by atoms with E-state index in [0.29, 0.717) is 44.2 Å². The smallest absolute Gasteiger partial charge is 0.230 e. The molecule has 3 aliphatic rings. The molecule has 0 spiro atoms. The van der Waals surface area contributed by atoms with Crippen molar-refractivity contribution < 1.29 is 9.53 Å². The summed E-state index contributed by atoms with van der Waals surface area (Å²) in [6, 6.07) is 0.439. The molecule has 4 heterocycles. The minimum atomic E-state index is -0.463. The van der Waals surface area contributed by atoms with Crippen LogP contribution in [0.1, 0.15) is 69.2 Å². The third-order valence-corrected chi connectivity index (χ3v) is 7.79. The predicted octanol–water partition coefficient (Wildman–Crippen LogP) is 3.56. The number of aryl methyl sites for hydroxylation is 1. The Morgan fingerprint density at radius 3 is 2.70 bits per heavy atom. The summed E-state index contributed by atoms with van der Waals surface area (Å²) in [5.74, 6) is 2.19. The van der Waals surface area contributed by atoms with Crippen LogP contribution in [0.2, 0.25) is 0 Å². The fourth-order valence-corrected chi connectivity index (χ4v) is 5.24. The van der Waals surface area contributed by atoms with E-state index in [1.54, 1.807) is 0 Å². The normalized spacial score (nSPS) is 21.2. The van der Waals surface area contributed by atoms with Gasteiger partial charge in [0.15, 0.2) is 0 Å². The van der Waals surface area contributed by atoms with Gasteiger partial charge >= 0.3 is 0 Å². The Labute approximate surface area is 220 Å². The average Bonchev–Trinajstić information content (AvgIpc) is 3.67. The Morgan fingerprint density at radius 2 is 1.95 bits per heavy atom. The first-order valence-electron chi connectivity index (χ1n) is 13.8. The van der Waals surface area contributed by atoms with Gasteiger partial charge in [0.05, 0.1) is 36.1 Å². The van der Waals surface area contributed by atoms with Gasteiger partial charge in [-0.1, -0.05) is 0 Å². The molecule has 0 radical (unpaired) electrons. The summed E-state index contributed by atoms with van der Waals surface area (Å²) in [7, 11) is 2.18. The van der Waals surface area contributed by atoms with Gasteiger partial charge in [-0.25, -0.2) is 4.98 Å². The highest BCUT2D eigenvalue weighted by atomic mass is 16.5. The van der Waals surface area contributed by atoms with Crippen molar-refractivity contribution in [2.45, 2.75) is 64.8 Å². The van der Waals surface area contributed by atoms with Gasteiger partial charge in [-0.15, -0.1) is 0 Å². The first-order chi connectivity index (χ1) is 17.8. The average molecular weight is 511 g/mol. The number of aromatic nitrogens is 4. The Kier molecular flexibility index (Phi) is 7.67. The van der Waals surface area contributed by atoms with E-state index in [1.807, 2.05) is 31.9 Å². The van der Waals surface area contributed by atoms with Crippen LogP contribution in [-0.2, 0) is 9.53 Å². The van der Waals surface area contributed by atoms with E-state index in [4.69, 9.17) is 14.8 Å². The highest BCUT2D eigenvalue weighted by Gasteiger charge is 2.34. The Balaban J connectivity index is 1.21. The minimum Gasteiger partial charge on any atom is -0.379 e. The lowest BCUT2D eigenvalue weighted by atomic mass is 9.93. The molecule has 10 heteroatoms. The number of hydrogen-bond donors (Lipinski definition) is 2. The molecule has 37 heavy (non-hydrogen) atoms. The maximum atomic E-state index is 12.8. The zero-order valence-corrected chi connectivity index (χ0v) is 22.8. The quantitative estimate of drug-likeness (QED) is 0.494. The molecule has 0 aromatic carbocycles. The molecule has 2 aromatic rings. The number of rotatable bonds is 9. The van der Waals surface area contributed by atoms with Crippen molar-refractivity contribution in [3.8, 4) is 0 Å². The van der Waals surface area contributed by atoms with Gasteiger partial charge in [-0.3, -0.25) is 9.48 Å². The van der Waals surface area contributed by atoms with E-state index in [0.717, 1.165) is 56.1 Å². The summed E-state index contributed by atoms with van der Waals surface area (Å²) >= 11 is 0. The van der Waals surface area contributed by atoms with Crippen LogP contribution in [-0.4, -0.2) is 88.4 Å². The first-order valence-corrected chi connectivity index (χ1v) is 13.8. The second-order valence-electron chi connectivity index (χ2n) is 11.5. The highest BCUT2D eigenvalue weighted by molar-refractivity contribution is 5.82. The number of anilines is 3. The first kappa shape index (κ1) is 25.9. The number of carbonyl (C=O) groups excluding carboxylic acids is 1. The molecule has 0 unspecified atom stereocenters. The molecule has 2 aromatic heterocycles. The van der Waals surface area contributed by atoms with Gasteiger partial charge in [0.1, 0.15) is 5.82 Å². The standard InChI is InChI=1S/C27H42N8O2/c1-19-23(17-35(32-19)21-8-12-33(4)13-9-21)30-26-29-16-22(20-6-7-20)24(31-26)28-10-5-11-34-14-15-37-18-27(2,3)25(34)36/h16-17,20-21H,5-15,18H2,1-4H3,(H2,28,29,30,31). The molecule has 2 N–H and O–H groups in total. The van der Waals surface area contributed by atoms with Crippen LogP contribution in [0.5, 0.6) is 0 Å². The summed E-state index contributed by atoms with van der Waals surface area (Å²) in [5.41, 5.74) is 2.63. The summed E-state index contributed by atoms with van der Waals surface area (Å²) < 4.78 is 7.75. The van der Waals surface area contributed by atoms with Gasteiger partial charge in [0.2, 0.25) is 11.9 Å². The van der Waals surface area contributed by atoms with E-state index >= 15 is 0 Å². The molecule has 2 aliphatic heterocycles. The van der Waals surface area contributed by atoms with E-state index < -0.39 is 5.41 Å². The fraction of sp³-hybridized carbons (Fsp3) is 0.704. The second-order valence-corrected chi connectivity index (χ2v) is 11.5. The molecular weight excluding hydrogens is 468 g/mol. The number of nitrogens with one attached hydrogen (secondary N) is 2. The third-order valence-electron chi connectivity index (χ3n) is 7.79. The van der Waals surface area contributed by atoms with Gasteiger partial charge in [-0.2, -0.15) is 10.1 Å². The van der Waals surface area contributed by atoms with E-state index in [1.165, 1.54) is 18.4 Å². The number of nitrogens with zero attached hydrogens (tertiary/aromatic N) is 6. The molecule has 0 bridgehead atoms. The number of ether oxygens (including phenoxy) is 1. The monoisotopic (exact) mass is 510 g/mol. The SMILES string of the molecule is Cc1nn(C2CCN(C)CC2)cc1Nc1ncc(C2CC2)c(NCCCN2CCOCC(C)(C)C2=O)n1. The van der Waals surface area contributed by atoms with E-state index in [-0.39, 0.29) is 5.91 Å². The number of piperidine rings is 1. The number of carbonyl (C=O) groups is 1. The van der Waals surface area contributed by atoms with Crippen molar-refractivity contribution in [3.63, 3.8) is 0 Å². The zero-order chi connectivity index (χ0) is 26.0. The Bertz CT molecular complexity index is 1090. The van der Waals surface area contributed by atoms with Crippen LogP contribution >= 0.6 is 0 Å². The zero-order valence-electron chi connectivity index (χ0n) is 22.8. The van der Waals surface area contributed by atoms with Crippen LogP contribution in [0, 0.1) is 12.3 Å². The minimum absolute atomic E-state index is 0.174. The molecule has 2 saturated heterocycles. The topological polar surface area (TPSA) is 100 Å². The molecule has 1 aliphatic carbocycles. The number of hydrogen-bond acceptors (Lipinski definition) is 8. The van der Waals surface area contributed by atoms with Crippen molar-refractivity contribution in [1.29, 1.82) is 0 Å². The molecule has 3 fully saturated rings. The highest BCUT2D eigenvalue weighted by Crippen LogP contribution is 2.43. The lowest BCUT2D eigenvalue weighted by Gasteiger charge is -2.28. The molecular formula is C27H42N8O2. The number of likely N-dealkylation sites (tertiary alicyclic amines) is 1. The maximum Gasteiger partial charge on any atom is 0.230 e. The lowest BCUT2D eigenvalue weighted by molar-refractivity contribution is -0.139. The van der Waals surface area contributed by atoms with Crippen LogP contribution in [0.4, 0.5) is 17.5 Å². The van der Waals surface area contributed by atoms with Gasteiger partial charge in [0.25, 0.3) is 0 Å². The van der Waals surface area contributed by atoms with Gasteiger partial charge in [0, 0.05) is 37.6 Å². The van der Waals surface area contributed by atoms with Crippen molar-refractivity contribution in [1.82, 2.24) is 29.5 Å². The summed E-state index contributed by atoms with van der Waals surface area (Å²) in [6.07, 6.45) is 9.51. The molecule has 10 nitrogen and oxygen atoms in total. The van der Waals surface area contributed by atoms with Crippen LogP contribution in [0.25, 0.3) is 0 Å². The Morgan fingerprint density at radius 1 is 1.16 bits per heavy atom. The maximum absolute atomic E-state index is 12.8. The van der Waals surface area contributed by atoms with Gasteiger partial charge in [-0.05, 0) is 78.9 Å². The summed E-state index contributed by atoms with van der Waals surface area (Å²) in [4.78, 5) is 26.6. The molecule has 1 amide bonds. The molecule has 0 atom stereocenters. The van der Waals surface area contributed by atoms with Crippen molar-refractivity contribution in [3.05, 3.63) is 23.7 Å². The predicted molar refractivity (Wildman–Crippen MR) is 144 cm³/mol. The molecule has 5 rings (SSSR count). The third kappa shape index (κ3) is 6.23. The summed E-state index contributed by atoms with van der Waals surface area (Å²) in [5, 5.41) is 11.7. The molecule has 202 valence electrons. The van der Waals surface area contributed by atoms with Crippen molar-refractivity contribution >= 4 is 23.4 Å². The number of amides is 1. The van der Waals surface area contributed by atoms with Crippen molar-refractivity contribution in [2.75, 3.05) is 63.6 Å². The summed E-state index contributed by atoms with van der Waals surface area (Å²) in [6.45, 7) is 11.3. The van der Waals surface area contributed by atoms with Crippen LogP contribution in [0.15, 0.2) is 12.4 Å². The van der Waals surface area contributed by atoms with Crippen LogP contribution in [0.3, 0.4) is 0 Å². The fourth-order valence-electron chi connectivity index (χ4n) is 5.24. The largest absolute Gasteiger partial charge is 0.379 e. The second kappa shape index (κ2) is 10.9. The van der Waals surface area contributed by atoms with Gasteiger partial charge < -0.3 is 25.2 Å². The van der Waals surface area contributed by atoms with Crippen molar-refractivity contribution in [2.24, 2.45) is 5.41 Å². The van der Waals surface area contributed by atoms with Crippen LogP contribution < -0.4 is 10.6 Å². The molecule has 1 saturated carbocycles. The Hall–Kier alpha value is -2.72. The van der Waals surface area contributed by atoms with E-state index in [9.17, 15) is 4.79 Å². The lowest BCUT2D eigenvalue weighted by Crippen LogP contribution is -2.42.